The van der Waals surface area contributed by atoms with Gasteiger partial charge in [0.15, 0.2) is 0 Å². The predicted molar refractivity (Wildman–Crippen MR) is 81.5 cm³/mol. The van der Waals surface area contributed by atoms with Gasteiger partial charge in [0.1, 0.15) is 0 Å². The molecule has 1 aromatic rings. The highest BCUT2D eigenvalue weighted by Crippen LogP contribution is 2.23. The highest BCUT2D eigenvalue weighted by molar-refractivity contribution is 6.21. The Hall–Kier alpha value is -2.17. The second-order valence-corrected chi connectivity index (χ2v) is 5.99. The summed E-state index contributed by atoms with van der Waals surface area (Å²) in [6.45, 7) is 3.00. The van der Waals surface area contributed by atoms with Crippen LogP contribution >= 0.6 is 0 Å². The fraction of sp³-hybridized carbons (Fsp3) is 0.471. The minimum absolute atomic E-state index is 0.0313. The Labute approximate surface area is 129 Å². The minimum atomic E-state index is -0.292. The molecule has 1 saturated heterocycles. The molecule has 0 aromatic heterocycles. The van der Waals surface area contributed by atoms with Crippen molar-refractivity contribution in [1.29, 1.82) is 0 Å². The van der Waals surface area contributed by atoms with E-state index in [9.17, 15) is 14.4 Å². The molecule has 1 aromatic carbocycles. The van der Waals surface area contributed by atoms with Crippen molar-refractivity contribution in [3.63, 3.8) is 0 Å². The van der Waals surface area contributed by atoms with E-state index in [1.165, 1.54) is 4.90 Å². The number of piperidine rings is 1. The second-order valence-electron chi connectivity index (χ2n) is 5.99. The maximum Gasteiger partial charge on any atom is 0.261 e. The first-order valence-electron chi connectivity index (χ1n) is 7.84. The van der Waals surface area contributed by atoms with Crippen LogP contribution in [-0.2, 0) is 4.79 Å². The van der Waals surface area contributed by atoms with E-state index >= 15 is 0 Å². The number of carbonyl (C=O) groups excluding carboxylic acids is 3. The van der Waals surface area contributed by atoms with Crippen LogP contribution in [0.5, 0.6) is 0 Å². The minimum Gasteiger partial charge on any atom is -0.340 e. The zero-order chi connectivity index (χ0) is 15.7. The smallest absolute Gasteiger partial charge is 0.261 e. The number of imide groups is 1. The summed E-state index contributed by atoms with van der Waals surface area (Å²) in [6.07, 6.45) is 3.42. The lowest BCUT2D eigenvalue weighted by Gasteiger charge is -2.33. The molecule has 0 unspecified atom stereocenters. The van der Waals surface area contributed by atoms with Gasteiger partial charge in [-0.2, -0.15) is 0 Å². The van der Waals surface area contributed by atoms with Gasteiger partial charge in [0.25, 0.3) is 11.8 Å². The fourth-order valence-electron chi connectivity index (χ4n) is 3.26. The Kier molecular flexibility index (Phi) is 3.96. The van der Waals surface area contributed by atoms with Crippen LogP contribution in [0.15, 0.2) is 24.3 Å². The molecule has 2 aliphatic heterocycles. The first-order chi connectivity index (χ1) is 10.6. The molecule has 1 fully saturated rings. The molecule has 2 heterocycles. The zero-order valence-electron chi connectivity index (χ0n) is 12.7. The summed E-state index contributed by atoms with van der Waals surface area (Å²) in [5.74, 6) is -0.552. The Morgan fingerprint density at radius 3 is 2.36 bits per heavy atom. The summed E-state index contributed by atoms with van der Waals surface area (Å²) in [5, 5.41) is 0. The van der Waals surface area contributed by atoms with Gasteiger partial charge in [0, 0.05) is 25.6 Å². The number of fused-ring (bicyclic) bond motifs is 1. The number of carbonyl (C=O) groups is 3. The van der Waals surface area contributed by atoms with Crippen molar-refractivity contribution in [3.8, 4) is 0 Å². The van der Waals surface area contributed by atoms with Crippen LogP contribution < -0.4 is 0 Å². The van der Waals surface area contributed by atoms with Crippen LogP contribution in [0.3, 0.4) is 0 Å². The number of hydrogen-bond donors (Lipinski definition) is 0. The molecule has 5 nitrogen and oxygen atoms in total. The van der Waals surface area contributed by atoms with Crippen LogP contribution in [-0.4, -0.2) is 46.7 Å². The SMILES string of the molecule is C[C@H]1CCCCN1C(=O)CCN1C(=O)c2ccccc2C1=O. The average molecular weight is 300 g/mol. The quantitative estimate of drug-likeness (QED) is 0.803. The Morgan fingerprint density at radius 2 is 1.77 bits per heavy atom. The molecule has 0 saturated carbocycles. The first-order valence-corrected chi connectivity index (χ1v) is 7.84. The van der Waals surface area contributed by atoms with Crippen molar-refractivity contribution in [3.05, 3.63) is 35.4 Å². The number of rotatable bonds is 3. The van der Waals surface area contributed by atoms with Gasteiger partial charge in [0.05, 0.1) is 11.1 Å². The van der Waals surface area contributed by atoms with Crippen molar-refractivity contribution in [2.45, 2.75) is 38.6 Å². The molecule has 0 spiro atoms. The molecule has 3 amide bonds. The van der Waals surface area contributed by atoms with E-state index in [2.05, 4.69) is 6.92 Å². The first kappa shape index (κ1) is 14.8. The van der Waals surface area contributed by atoms with Gasteiger partial charge in [-0.1, -0.05) is 12.1 Å². The summed E-state index contributed by atoms with van der Waals surface area (Å²) in [5.41, 5.74) is 0.873. The molecule has 22 heavy (non-hydrogen) atoms. The Bertz CT molecular complexity index is 591. The van der Waals surface area contributed by atoms with Gasteiger partial charge in [-0.05, 0) is 38.3 Å². The van der Waals surface area contributed by atoms with Crippen LogP contribution in [0.1, 0.15) is 53.3 Å². The standard InChI is InChI=1S/C17H20N2O3/c1-12-6-4-5-10-18(12)15(20)9-11-19-16(21)13-7-2-3-8-14(13)17(19)22/h2-3,7-8,12H,4-6,9-11H2,1H3/t12-/m0/s1. The summed E-state index contributed by atoms with van der Waals surface area (Å²) >= 11 is 0. The number of amides is 3. The molecule has 1 atom stereocenters. The van der Waals surface area contributed by atoms with E-state index in [1.807, 2.05) is 4.90 Å². The molecule has 0 radical (unpaired) electrons. The molecule has 0 aliphatic carbocycles. The number of nitrogens with zero attached hydrogens (tertiary/aromatic N) is 2. The van der Waals surface area contributed by atoms with E-state index in [4.69, 9.17) is 0 Å². The zero-order valence-corrected chi connectivity index (χ0v) is 12.7. The summed E-state index contributed by atoms with van der Waals surface area (Å²) < 4.78 is 0. The van der Waals surface area contributed by atoms with Gasteiger partial charge >= 0.3 is 0 Å². The van der Waals surface area contributed by atoms with Crippen LogP contribution in [0.2, 0.25) is 0 Å². The largest absolute Gasteiger partial charge is 0.340 e. The lowest BCUT2D eigenvalue weighted by atomic mass is 10.0. The molecule has 5 heteroatoms. The van der Waals surface area contributed by atoms with E-state index in [0.29, 0.717) is 11.1 Å². The molecule has 2 aliphatic rings. The van der Waals surface area contributed by atoms with Crippen LogP contribution in [0.4, 0.5) is 0 Å². The predicted octanol–water partition coefficient (Wildman–Crippen LogP) is 2.07. The van der Waals surface area contributed by atoms with Crippen molar-refractivity contribution in [1.82, 2.24) is 9.80 Å². The Morgan fingerprint density at radius 1 is 1.14 bits per heavy atom. The molecule has 116 valence electrons. The number of hydrogen-bond acceptors (Lipinski definition) is 3. The molecular weight excluding hydrogens is 280 g/mol. The van der Waals surface area contributed by atoms with Crippen LogP contribution in [0, 0.1) is 0 Å². The van der Waals surface area contributed by atoms with Gasteiger partial charge in [-0.15, -0.1) is 0 Å². The normalized spacial score (nSPS) is 21.2. The number of likely N-dealkylation sites (tertiary alicyclic amines) is 1. The van der Waals surface area contributed by atoms with Gasteiger partial charge < -0.3 is 4.90 Å². The molecule has 3 rings (SSSR count). The van der Waals surface area contributed by atoms with E-state index in [-0.39, 0.29) is 36.7 Å². The van der Waals surface area contributed by atoms with Gasteiger partial charge in [0.2, 0.25) is 5.91 Å². The molecule has 0 bridgehead atoms. The van der Waals surface area contributed by atoms with Crippen molar-refractivity contribution in [2.75, 3.05) is 13.1 Å². The lowest BCUT2D eigenvalue weighted by molar-refractivity contribution is -0.134. The van der Waals surface area contributed by atoms with Crippen molar-refractivity contribution in [2.24, 2.45) is 0 Å². The van der Waals surface area contributed by atoms with E-state index in [1.54, 1.807) is 24.3 Å². The van der Waals surface area contributed by atoms with E-state index < -0.39 is 0 Å². The third-order valence-corrected chi connectivity index (χ3v) is 4.55. The summed E-state index contributed by atoms with van der Waals surface area (Å²) in [4.78, 5) is 39.9. The maximum atomic E-state index is 12.3. The van der Waals surface area contributed by atoms with Gasteiger partial charge in [-0.25, -0.2) is 0 Å². The number of benzene rings is 1. The van der Waals surface area contributed by atoms with Crippen LogP contribution in [0.25, 0.3) is 0 Å². The third-order valence-electron chi connectivity index (χ3n) is 4.55. The summed E-state index contributed by atoms with van der Waals surface area (Å²) in [7, 11) is 0. The topological polar surface area (TPSA) is 57.7 Å². The highest BCUT2D eigenvalue weighted by atomic mass is 16.2. The highest BCUT2D eigenvalue weighted by Gasteiger charge is 2.35. The Balaban J connectivity index is 1.64. The van der Waals surface area contributed by atoms with Crippen molar-refractivity contribution >= 4 is 17.7 Å². The van der Waals surface area contributed by atoms with E-state index in [0.717, 1.165) is 25.8 Å². The fourth-order valence-corrected chi connectivity index (χ4v) is 3.26. The monoisotopic (exact) mass is 300 g/mol. The average Bonchev–Trinajstić information content (AvgIpc) is 2.77. The molecule has 0 N–H and O–H groups in total. The van der Waals surface area contributed by atoms with Crippen molar-refractivity contribution < 1.29 is 14.4 Å². The summed E-state index contributed by atoms with van der Waals surface area (Å²) in [6, 6.07) is 7.06. The molecular formula is C17H20N2O3. The second kappa shape index (κ2) is 5.91. The van der Waals surface area contributed by atoms with Gasteiger partial charge in [-0.3, -0.25) is 19.3 Å². The lowest BCUT2D eigenvalue weighted by Crippen LogP contribution is -2.43. The maximum absolute atomic E-state index is 12.3. The third kappa shape index (κ3) is 2.51.